The third-order valence-electron chi connectivity index (χ3n) is 3.55. The van der Waals surface area contributed by atoms with E-state index < -0.39 is 5.97 Å². The van der Waals surface area contributed by atoms with E-state index in [9.17, 15) is 4.79 Å². The smallest absolute Gasteiger partial charge is 0.304 e. The summed E-state index contributed by atoms with van der Waals surface area (Å²) >= 11 is 4.29. The van der Waals surface area contributed by atoms with E-state index in [1.807, 2.05) is 0 Å². The van der Waals surface area contributed by atoms with Gasteiger partial charge in [-0.2, -0.15) is 12.6 Å². The monoisotopic (exact) mass is 288 g/mol. The standard InChI is InChI=1S/C16H32O2S/c1-2-3-4-5-6-7-8-9-10-11-12-13-15(19)14-16(17)18/h15,19H,2-14H2,1H3,(H,17,18). The van der Waals surface area contributed by atoms with Crippen LogP contribution in [-0.4, -0.2) is 16.3 Å². The lowest BCUT2D eigenvalue weighted by atomic mass is 10.0. The number of thiol groups is 1. The van der Waals surface area contributed by atoms with Gasteiger partial charge in [0.15, 0.2) is 0 Å². The maximum Gasteiger partial charge on any atom is 0.304 e. The van der Waals surface area contributed by atoms with Crippen molar-refractivity contribution in [3.8, 4) is 0 Å². The molecule has 0 aromatic rings. The Labute approximate surface area is 124 Å². The number of hydrogen-bond acceptors (Lipinski definition) is 2. The van der Waals surface area contributed by atoms with Crippen molar-refractivity contribution in [1.82, 2.24) is 0 Å². The number of carboxylic acids is 1. The van der Waals surface area contributed by atoms with E-state index >= 15 is 0 Å². The van der Waals surface area contributed by atoms with E-state index in [1.54, 1.807) is 0 Å². The highest BCUT2D eigenvalue weighted by molar-refractivity contribution is 7.81. The first-order valence-electron chi connectivity index (χ1n) is 8.06. The second-order valence-electron chi connectivity index (χ2n) is 5.58. The van der Waals surface area contributed by atoms with Gasteiger partial charge in [0.05, 0.1) is 6.42 Å². The van der Waals surface area contributed by atoms with Gasteiger partial charge in [0.25, 0.3) is 0 Å². The van der Waals surface area contributed by atoms with Gasteiger partial charge in [-0.1, -0.05) is 77.6 Å². The van der Waals surface area contributed by atoms with Crippen molar-refractivity contribution in [3.63, 3.8) is 0 Å². The Morgan fingerprint density at radius 2 is 1.32 bits per heavy atom. The second-order valence-corrected chi connectivity index (χ2v) is 6.31. The summed E-state index contributed by atoms with van der Waals surface area (Å²) in [5, 5.41) is 8.65. The minimum absolute atomic E-state index is 0.0380. The lowest BCUT2D eigenvalue weighted by molar-refractivity contribution is -0.136. The number of carbonyl (C=O) groups is 1. The molecule has 0 aliphatic carbocycles. The van der Waals surface area contributed by atoms with E-state index in [1.165, 1.54) is 64.2 Å². The Bertz CT molecular complexity index is 207. The Morgan fingerprint density at radius 1 is 0.895 bits per heavy atom. The molecule has 0 amide bonds. The number of aliphatic carboxylic acids is 1. The summed E-state index contributed by atoms with van der Waals surface area (Å²) in [6.45, 7) is 2.26. The Hall–Kier alpha value is -0.180. The molecule has 0 fully saturated rings. The summed E-state index contributed by atoms with van der Waals surface area (Å²) in [6, 6.07) is 0. The quantitative estimate of drug-likeness (QED) is 0.329. The lowest BCUT2D eigenvalue weighted by Gasteiger charge is -2.07. The Balaban J connectivity index is 3.08. The number of hydrogen-bond donors (Lipinski definition) is 2. The first-order chi connectivity index (χ1) is 9.16. The van der Waals surface area contributed by atoms with Crippen LogP contribution in [0.15, 0.2) is 0 Å². The van der Waals surface area contributed by atoms with Crippen LogP contribution in [0.25, 0.3) is 0 Å². The van der Waals surface area contributed by atoms with Crippen LogP contribution in [-0.2, 0) is 4.79 Å². The summed E-state index contributed by atoms with van der Waals surface area (Å²) in [5.74, 6) is -0.733. The maximum atomic E-state index is 10.5. The molecule has 114 valence electrons. The van der Waals surface area contributed by atoms with Crippen molar-refractivity contribution in [2.75, 3.05) is 0 Å². The molecule has 0 radical (unpaired) electrons. The summed E-state index contributed by atoms with van der Waals surface area (Å²) in [4.78, 5) is 10.5. The molecular formula is C16H32O2S. The van der Waals surface area contributed by atoms with E-state index in [2.05, 4.69) is 19.6 Å². The van der Waals surface area contributed by atoms with Crippen LogP contribution in [0.5, 0.6) is 0 Å². The molecule has 0 aliphatic heterocycles. The van der Waals surface area contributed by atoms with Crippen molar-refractivity contribution < 1.29 is 9.90 Å². The van der Waals surface area contributed by atoms with Gasteiger partial charge in [0.2, 0.25) is 0 Å². The Morgan fingerprint density at radius 3 is 1.74 bits per heavy atom. The van der Waals surface area contributed by atoms with Crippen molar-refractivity contribution in [3.05, 3.63) is 0 Å². The first-order valence-corrected chi connectivity index (χ1v) is 8.58. The van der Waals surface area contributed by atoms with Crippen molar-refractivity contribution in [2.24, 2.45) is 0 Å². The zero-order valence-electron chi connectivity index (χ0n) is 12.6. The van der Waals surface area contributed by atoms with Crippen molar-refractivity contribution in [2.45, 2.75) is 95.6 Å². The fraction of sp³-hybridized carbons (Fsp3) is 0.938. The molecule has 0 spiro atoms. The second kappa shape index (κ2) is 14.2. The largest absolute Gasteiger partial charge is 0.481 e. The van der Waals surface area contributed by atoms with Gasteiger partial charge in [-0.3, -0.25) is 4.79 Å². The summed E-state index contributed by atoms with van der Waals surface area (Å²) < 4.78 is 0. The summed E-state index contributed by atoms with van der Waals surface area (Å²) in [7, 11) is 0. The van der Waals surface area contributed by atoms with Gasteiger partial charge in [-0.25, -0.2) is 0 Å². The molecule has 0 aliphatic rings. The molecule has 1 N–H and O–H groups in total. The van der Waals surface area contributed by atoms with Crippen LogP contribution in [0.1, 0.15) is 90.4 Å². The third-order valence-corrected chi connectivity index (χ3v) is 3.99. The average Bonchev–Trinajstić information content (AvgIpc) is 2.35. The summed E-state index contributed by atoms with van der Waals surface area (Å²) in [5.41, 5.74) is 0. The first kappa shape index (κ1) is 18.8. The van der Waals surface area contributed by atoms with E-state index in [4.69, 9.17) is 5.11 Å². The van der Waals surface area contributed by atoms with E-state index in [0.29, 0.717) is 0 Å². The minimum atomic E-state index is -0.733. The fourth-order valence-corrected chi connectivity index (χ4v) is 2.69. The highest BCUT2D eigenvalue weighted by atomic mass is 32.1. The fourth-order valence-electron chi connectivity index (χ4n) is 2.35. The molecule has 1 atom stereocenters. The van der Waals surface area contributed by atoms with Gasteiger partial charge in [0.1, 0.15) is 0 Å². The van der Waals surface area contributed by atoms with Crippen LogP contribution in [0, 0.1) is 0 Å². The van der Waals surface area contributed by atoms with Crippen LogP contribution in [0.3, 0.4) is 0 Å². The predicted molar refractivity (Wildman–Crippen MR) is 86.1 cm³/mol. The molecule has 0 heterocycles. The highest BCUT2D eigenvalue weighted by Gasteiger charge is 2.07. The van der Waals surface area contributed by atoms with Crippen LogP contribution in [0.2, 0.25) is 0 Å². The maximum absolute atomic E-state index is 10.5. The number of unbranched alkanes of at least 4 members (excludes halogenated alkanes) is 10. The molecule has 0 aromatic heterocycles. The topological polar surface area (TPSA) is 37.3 Å². The normalized spacial score (nSPS) is 12.5. The summed E-state index contributed by atoms with van der Waals surface area (Å²) in [6.07, 6.45) is 15.8. The van der Waals surface area contributed by atoms with Crippen molar-refractivity contribution >= 4 is 18.6 Å². The molecule has 0 bridgehead atoms. The van der Waals surface area contributed by atoms with E-state index in [-0.39, 0.29) is 11.7 Å². The molecule has 0 saturated heterocycles. The lowest BCUT2D eigenvalue weighted by Crippen LogP contribution is -2.06. The molecule has 0 aromatic carbocycles. The molecule has 1 unspecified atom stereocenters. The molecule has 0 rings (SSSR count). The van der Waals surface area contributed by atoms with Crippen LogP contribution in [0.4, 0.5) is 0 Å². The van der Waals surface area contributed by atoms with Gasteiger partial charge in [-0.05, 0) is 6.42 Å². The van der Waals surface area contributed by atoms with Gasteiger partial charge in [-0.15, -0.1) is 0 Å². The van der Waals surface area contributed by atoms with Gasteiger partial charge in [0, 0.05) is 5.25 Å². The number of carboxylic acid groups (broad SMARTS) is 1. The van der Waals surface area contributed by atoms with Gasteiger partial charge < -0.3 is 5.11 Å². The molecule has 19 heavy (non-hydrogen) atoms. The number of rotatable bonds is 14. The Kier molecular flexibility index (Phi) is 14.1. The third kappa shape index (κ3) is 15.8. The van der Waals surface area contributed by atoms with Crippen LogP contribution >= 0.6 is 12.6 Å². The highest BCUT2D eigenvalue weighted by Crippen LogP contribution is 2.15. The zero-order chi connectivity index (χ0) is 14.3. The zero-order valence-corrected chi connectivity index (χ0v) is 13.5. The SMILES string of the molecule is CCCCCCCCCCCCCC(S)CC(=O)O. The molecular weight excluding hydrogens is 256 g/mol. The van der Waals surface area contributed by atoms with Crippen LogP contribution < -0.4 is 0 Å². The van der Waals surface area contributed by atoms with Crippen molar-refractivity contribution in [1.29, 1.82) is 0 Å². The average molecular weight is 288 g/mol. The minimum Gasteiger partial charge on any atom is -0.481 e. The predicted octanol–water partition coefficient (Wildman–Crippen LogP) is 5.46. The van der Waals surface area contributed by atoms with Gasteiger partial charge >= 0.3 is 5.97 Å². The molecule has 2 nitrogen and oxygen atoms in total. The molecule has 3 heteroatoms. The molecule has 0 saturated carbocycles. The van der Waals surface area contributed by atoms with E-state index in [0.717, 1.165) is 12.8 Å².